The maximum absolute atomic E-state index is 13.7. The van der Waals surface area contributed by atoms with Crippen LogP contribution in [0.1, 0.15) is 47.5 Å². The van der Waals surface area contributed by atoms with Crippen LogP contribution < -0.4 is 16.1 Å². The zero-order valence-electron chi connectivity index (χ0n) is 21.2. The molecule has 4 atom stereocenters. The standard InChI is InChI=1S/C22H32ClF4N5O5/c1-20(2,3)12(29-19(37)22(25,26)27)17(35)31-9-7-21(4,5)13(31)16(34)30-32(18(36)14(23)24)10-11-6-8-28-15(11)33/h11-14H,6-10H2,1-5H3,(H,28,33)(H,29,37)(H,30,34)/t11-,12?,13+,14?/m0/s1. The van der Waals surface area contributed by atoms with Crippen LogP contribution in [0.15, 0.2) is 0 Å². The Bertz CT molecular complexity index is 937. The zero-order valence-corrected chi connectivity index (χ0v) is 21.9. The summed E-state index contributed by atoms with van der Waals surface area (Å²) in [6.45, 7) is 7.57. The van der Waals surface area contributed by atoms with Crippen molar-refractivity contribution in [2.24, 2.45) is 16.7 Å². The second-order valence-corrected chi connectivity index (χ2v) is 11.3. The van der Waals surface area contributed by atoms with Crippen LogP contribution in [0.4, 0.5) is 17.6 Å². The fourth-order valence-corrected chi connectivity index (χ4v) is 4.52. The molecule has 0 saturated carbocycles. The van der Waals surface area contributed by atoms with Crippen molar-refractivity contribution in [1.82, 2.24) is 26.0 Å². The predicted molar refractivity (Wildman–Crippen MR) is 123 cm³/mol. The van der Waals surface area contributed by atoms with Gasteiger partial charge in [0.1, 0.15) is 12.1 Å². The molecule has 0 bridgehead atoms. The lowest BCUT2D eigenvalue weighted by atomic mass is 9.83. The van der Waals surface area contributed by atoms with Gasteiger partial charge in [-0.2, -0.15) is 13.2 Å². The van der Waals surface area contributed by atoms with E-state index in [1.54, 1.807) is 19.2 Å². The molecule has 37 heavy (non-hydrogen) atoms. The molecule has 2 rings (SSSR count). The number of halogens is 5. The van der Waals surface area contributed by atoms with Crippen molar-refractivity contribution >= 4 is 41.1 Å². The van der Waals surface area contributed by atoms with E-state index in [0.29, 0.717) is 18.0 Å². The third-order valence-electron chi connectivity index (χ3n) is 6.49. The van der Waals surface area contributed by atoms with Crippen LogP contribution in [0.25, 0.3) is 0 Å². The second kappa shape index (κ2) is 11.0. The van der Waals surface area contributed by atoms with Gasteiger partial charge in [0.2, 0.25) is 11.8 Å². The molecule has 10 nitrogen and oxygen atoms in total. The number of likely N-dealkylation sites (tertiary alicyclic amines) is 1. The predicted octanol–water partition coefficient (Wildman–Crippen LogP) is 1.24. The highest BCUT2D eigenvalue weighted by atomic mass is 35.5. The molecule has 5 amide bonds. The van der Waals surface area contributed by atoms with E-state index in [4.69, 9.17) is 11.6 Å². The largest absolute Gasteiger partial charge is 0.471 e. The lowest BCUT2D eigenvalue weighted by Crippen LogP contribution is -2.62. The molecule has 0 aromatic carbocycles. The number of rotatable bonds is 6. The fraction of sp³-hybridized carbons (Fsp3) is 0.773. The topological polar surface area (TPSA) is 128 Å². The first kappa shape index (κ1) is 30.6. The van der Waals surface area contributed by atoms with Crippen molar-refractivity contribution in [3.05, 3.63) is 0 Å². The Kier molecular flexibility index (Phi) is 9.09. The molecular formula is C22H32ClF4N5O5. The number of nitrogens with one attached hydrogen (secondary N) is 3. The van der Waals surface area contributed by atoms with E-state index < -0.39 is 70.2 Å². The molecule has 210 valence electrons. The Hall–Kier alpha value is -2.64. The molecule has 2 fully saturated rings. The number of hydrogen-bond donors (Lipinski definition) is 3. The summed E-state index contributed by atoms with van der Waals surface area (Å²) in [4.78, 5) is 63.9. The van der Waals surface area contributed by atoms with E-state index in [-0.39, 0.29) is 19.5 Å². The van der Waals surface area contributed by atoms with Gasteiger partial charge in [-0.3, -0.25) is 29.4 Å². The number of hydrogen-bond acceptors (Lipinski definition) is 5. The van der Waals surface area contributed by atoms with Crippen molar-refractivity contribution in [2.45, 2.75) is 71.4 Å². The van der Waals surface area contributed by atoms with Gasteiger partial charge >= 0.3 is 12.1 Å². The quantitative estimate of drug-likeness (QED) is 0.257. The van der Waals surface area contributed by atoms with E-state index in [1.807, 2.05) is 0 Å². The third kappa shape index (κ3) is 7.23. The maximum atomic E-state index is 13.7. The Morgan fingerprint density at radius 2 is 1.81 bits per heavy atom. The highest BCUT2D eigenvalue weighted by Crippen LogP contribution is 2.38. The van der Waals surface area contributed by atoms with E-state index in [1.165, 1.54) is 20.8 Å². The molecule has 2 unspecified atom stereocenters. The van der Waals surface area contributed by atoms with E-state index in [2.05, 4.69) is 10.7 Å². The summed E-state index contributed by atoms with van der Waals surface area (Å²) in [5.74, 6) is -6.61. The minimum atomic E-state index is -5.23. The zero-order chi connectivity index (χ0) is 28.5. The molecule has 2 aliphatic rings. The van der Waals surface area contributed by atoms with Crippen LogP contribution in [0.5, 0.6) is 0 Å². The molecular weight excluding hydrogens is 526 g/mol. The first-order chi connectivity index (χ1) is 16.8. The first-order valence-corrected chi connectivity index (χ1v) is 12.1. The molecule has 0 aliphatic carbocycles. The number of nitrogens with zero attached hydrogens (tertiary/aromatic N) is 2. The van der Waals surface area contributed by atoms with Gasteiger partial charge in [-0.05, 0) is 23.7 Å². The van der Waals surface area contributed by atoms with Gasteiger partial charge in [0, 0.05) is 13.1 Å². The molecule has 2 heterocycles. The first-order valence-electron chi connectivity index (χ1n) is 11.6. The van der Waals surface area contributed by atoms with Crippen LogP contribution in [-0.2, 0) is 24.0 Å². The van der Waals surface area contributed by atoms with Gasteiger partial charge in [0.15, 0.2) is 0 Å². The molecule has 0 aromatic rings. The monoisotopic (exact) mass is 557 g/mol. The van der Waals surface area contributed by atoms with Crippen LogP contribution in [0, 0.1) is 16.7 Å². The average Bonchev–Trinajstić information content (AvgIpc) is 3.30. The summed E-state index contributed by atoms with van der Waals surface area (Å²) >= 11 is 5.29. The van der Waals surface area contributed by atoms with Crippen LogP contribution in [-0.4, -0.2) is 83.0 Å². The number of hydrazine groups is 1. The Balaban J connectivity index is 2.34. The number of carbonyl (C=O) groups excluding carboxylic acids is 5. The summed E-state index contributed by atoms with van der Waals surface area (Å²) < 4.78 is 52.5. The van der Waals surface area contributed by atoms with Crippen LogP contribution in [0.3, 0.4) is 0 Å². The molecule has 0 spiro atoms. The van der Waals surface area contributed by atoms with E-state index in [9.17, 15) is 41.5 Å². The van der Waals surface area contributed by atoms with Gasteiger partial charge in [0.05, 0.1) is 12.5 Å². The molecule has 2 saturated heterocycles. The summed E-state index contributed by atoms with van der Waals surface area (Å²) in [5, 5.41) is 4.86. The van der Waals surface area contributed by atoms with Crippen LogP contribution in [0.2, 0.25) is 0 Å². The summed E-state index contributed by atoms with van der Waals surface area (Å²) in [5.41, 5.74) is -2.35. The molecule has 3 N–H and O–H groups in total. The minimum Gasteiger partial charge on any atom is -0.356 e. The lowest BCUT2D eigenvalue weighted by molar-refractivity contribution is -0.176. The van der Waals surface area contributed by atoms with Gasteiger partial charge < -0.3 is 15.5 Å². The molecule has 15 heteroatoms. The van der Waals surface area contributed by atoms with Crippen LogP contribution >= 0.6 is 11.6 Å². The van der Waals surface area contributed by atoms with Crippen molar-refractivity contribution < 1.29 is 41.5 Å². The Labute approximate surface area is 216 Å². The number of alkyl halides is 5. The number of amides is 5. The third-order valence-corrected chi connectivity index (χ3v) is 6.68. The molecule has 0 radical (unpaired) electrons. The van der Waals surface area contributed by atoms with Gasteiger partial charge in [-0.1, -0.05) is 46.2 Å². The number of carbonyl (C=O) groups is 5. The lowest BCUT2D eigenvalue weighted by Gasteiger charge is -2.38. The highest BCUT2D eigenvalue weighted by Gasteiger charge is 2.52. The van der Waals surface area contributed by atoms with Crippen molar-refractivity contribution in [3.63, 3.8) is 0 Å². The summed E-state index contributed by atoms with van der Waals surface area (Å²) in [7, 11) is 0. The van der Waals surface area contributed by atoms with Gasteiger partial charge in [0.25, 0.3) is 17.4 Å². The summed E-state index contributed by atoms with van der Waals surface area (Å²) in [6.07, 6.45) is -4.65. The average molecular weight is 558 g/mol. The van der Waals surface area contributed by atoms with E-state index in [0.717, 1.165) is 4.90 Å². The fourth-order valence-electron chi connectivity index (χ4n) is 4.40. The molecule has 0 aromatic heterocycles. The smallest absolute Gasteiger partial charge is 0.356 e. The van der Waals surface area contributed by atoms with Gasteiger partial charge in [-0.15, -0.1) is 0 Å². The normalized spacial score (nSPS) is 23.2. The summed E-state index contributed by atoms with van der Waals surface area (Å²) in [6, 6.07) is -2.93. The Morgan fingerprint density at radius 3 is 2.27 bits per heavy atom. The highest BCUT2D eigenvalue weighted by molar-refractivity contribution is 6.29. The SMILES string of the molecule is CC(C)(C)C(NC(=O)C(F)(F)F)C(=O)N1CCC(C)(C)[C@H]1C(=O)NN(C[C@@H]1CCNC1=O)C(=O)C(F)Cl. The van der Waals surface area contributed by atoms with E-state index >= 15 is 0 Å². The Morgan fingerprint density at radius 1 is 1.22 bits per heavy atom. The van der Waals surface area contributed by atoms with Crippen molar-refractivity contribution in [1.29, 1.82) is 0 Å². The van der Waals surface area contributed by atoms with Crippen molar-refractivity contribution in [3.8, 4) is 0 Å². The van der Waals surface area contributed by atoms with Crippen molar-refractivity contribution in [2.75, 3.05) is 19.6 Å². The minimum absolute atomic E-state index is 0.0292. The maximum Gasteiger partial charge on any atom is 0.471 e. The van der Waals surface area contributed by atoms with Gasteiger partial charge in [-0.25, -0.2) is 9.40 Å². The molecule has 2 aliphatic heterocycles. The second-order valence-electron chi connectivity index (χ2n) is 10.9.